The van der Waals surface area contributed by atoms with E-state index in [4.69, 9.17) is 10.5 Å². The zero-order valence-electron chi connectivity index (χ0n) is 11.0. The van der Waals surface area contributed by atoms with E-state index in [1.807, 2.05) is 13.8 Å². The van der Waals surface area contributed by atoms with E-state index in [-0.39, 0.29) is 5.75 Å². The second-order valence-corrected chi connectivity index (χ2v) is 4.29. The summed E-state index contributed by atoms with van der Waals surface area (Å²) in [5.41, 5.74) is 8.98. The smallest absolute Gasteiger partial charge is 0.129 e. The van der Waals surface area contributed by atoms with Crippen molar-refractivity contribution < 1.29 is 9.84 Å². The lowest BCUT2D eigenvalue weighted by atomic mass is 9.99. The Bertz CT molecular complexity index is 603. The van der Waals surface area contributed by atoms with Gasteiger partial charge in [0.05, 0.1) is 13.3 Å². The third-order valence-electron chi connectivity index (χ3n) is 3.31. The highest BCUT2D eigenvalue weighted by Crippen LogP contribution is 2.40. The molecule has 1 heterocycles. The van der Waals surface area contributed by atoms with Gasteiger partial charge in [0.2, 0.25) is 0 Å². The molecule has 2 aromatic rings. The van der Waals surface area contributed by atoms with E-state index >= 15 is 0 Å². The lowest BCUT2D eigenvalue weighted by Gasteiger charge is -2.13. The SMILES string of the molecule is COc1cc(-c2cnn(C)c2N)c(O)c(C)c1C. The van der Waals surface area contributed by atoms with Crippen LogP contribution in [0, 0.1) is 13.8 Å². The van der Waals surface area contributed by atoms with Crippen LogP contribution in [-0.2, 0) is 7.05 Å². The highest BCUT2D eigenvalue weighted by Gasteiger charge is 2.17. The van der Waals surface area contributed by atoms with Gasteiger partial charge >= 0.3 is 0 Å². The number of aryl methyl sites for hydroxylation is 1. The number of hydrogen-bond acceptors (Lipinski definition) is 4. The van der Waals surface area contributed by atoms with Gasteiger partial charge in [0.1, 0.15) is 17.3 Å². The minimum Gasteiger partial charge on any atom is -0.507 e. The fourth-order valence-electron chi connectivity index (χ4n) is 1.94. The number of nitrogens with two attached hydrogens (primary N) is 1. The summed E-state index contributed by atoms with van der Waals surface area (Å²) in [6.07, 6.45) is 1.64. The molecule has 5 heteroatoms. The predicted molar refractivity (Wildman–Crippen MR) is 70.7 cm³/mol. The minimum absolute atomic E-state index is 0.216. The molecule has 0 saturated carbocycles. The summed E-state index contributed by atoms with van der Waals surface area (Å²) >= 11 is 0. The van der Waals surface area contributed by atoms with Crippen molar-refractivity contribution in [1.82, 2.24) is 9.78 Å². The number of benzene rings is 1. The minimum atomic E-state index is 0.216. The maximum Gasteiger partial charge on any atom is 0.129 e. The Balaban J connectivity index is 2.72. The molecule has 0 amide bonds. The van der Waals surface area contributed by atoms with Crippen LogP contribution in [0.5, 0.6) is 11.5 Å². The van der Waals surface area contributed by atoms with Gasteiger partial charge in [-0.15, -0.1) is 0 Å². The average molecular weight is 247 g/mol. The van der Waals surface area contributed by atoms with Gasteiger partial charge in [-0.05, 0) is 31.0 Å². The van der Waals surface area contributed by atoms with Crippen LogP contribution in [-0.4, -0.2) is 22.0 Å². The van der Waals surface area contributed by atoms with E-state index in [1.165, 1.54) is 0 Å². The van der Waals surface area contributed by atoms with Crippen LogP contribution in [0.1, 0.15) is 11.1 Å². The van der Waals surface area contributed by atoms with Crippen LogP contribution in [0.3, 0.4) is 0 Å². The summed E-state index contributed by atoms with van der Waals surface area (Å²) in [5.74, 6) is 1.45. The number of nitrogens with zero attached hydrogens (tertiary/aromatic N) is 2. The van der Waals surface area contributed by atoms with Crippen molar-refractivity contribution in [1.29, 1.82) is 0 Å². The fourth-order valence-corrected chi connectivity index (χ4v) is 1.94. The quantitative estimate of drug-likeness (QED) is 0.851. The molecule has 0 atom stereocenters. The molecule has 96 valence electrons. The standard InChI is InChI=1S/C13H17N3O2/c1-7-8(2)12(17)9(5-11(7)18-4)10-6-15-16(3)13(10)14/h5-6,17H,14H2,1-4H3. The number of nitrogen functional groups attached to an aromatic ring is 1. The van der Waals surface area contributed by atoms with Crippen molar-refractivity contribution in [2.24, 2.45) is 7.05 Å². The number of methoxy groups -OCH3 is 1. The van der Waals surface area contributed by atoms with Crippen LogP contribution in [0.15, 0.2) is 12.3 Å². The number of aromatic nitrogens is 2. The van der Waals surface area contributed by atoms with Crippen LogP contribution in [0.25, 0.3) is 11.1 Å². The van der Waals surface area contributed by atoms with Crippen LogP contribution in [0.2, 0.25) is 0 Å². The molecule has 0 saturated heterocycles. The summed E-state index contributed by atoms with van der Waals surface area (Å²) in [6.45, 7) is 3.76. The highest BCUT2D eigenvalue weighted by molar-refractivity contribution is 5.81. The first-order chi connectivity index (χ1) is 8.47. The molecule has 0 aliphatic rings. The lowest BCUT2D eigenvalue weighted by molar-refractivity contribution is 0.408. The van der Waals surface area contributed by atoms with Gasteiger partial charge in [0.15, 0.2) is 0 Å². The highest BCUT2D eigenvalue weighted by atomic mass is 16.5. The summed E-state index contributed by atoms with van der Waals surface area (Å²) in [5, 5.41) is 14.3. The Hall–Kier alpha value is -2.17. The average Bonchev–Trinajstić information content (AvgIpc) is 2.68. The summed E-state index contributed by atoms with van der Waals surface area (Å²) in [6, 6.07) is 1.78. The van der Waals surface area contributed by atoms with Crippen LogP contribution in [0.4, 0.5) is 5.82 Å². The molecule has 0 bridgehead atoms. The molecule has 0 spiro atoms. The second-order valence-electron chi connectivity index (χ2n) is 4.29. The predicted octanol–water partition coefficient (Wildman–Crippen LogP) is 2.00. The first kappa shape index (κ1) is 12.3. The number of ether oxygens (including phenoxy) is 1. The molecule has 0 radical (unpaired) electrons. The number of anilines is 1. The molecule has 0 fully saturated rings. The van der Waals surface area contributed by atoms with Gasteiger partial charge in [-0.25, -0.2) is 0 Å². The zero-order valence-corrected chi connectivity index (χ0v) is 11.0. The molecule has 5 nitrogen and oxygen atoms in total. The molecule has 2 rings (SSSR count). The van der Waals surface area contributed by atoms with Crippen molar-refractivity contribution >= 4 is 5.82 Å². The normalized spacial score (nSPS) is 10.7. The Labute approximate surface area is 106 Å². The fraction of sp³-hybridized carbons (Fsp3) is 0.308. The maximum absolute atomic E-state index is 10.2. The van der Waals surface area contributed by atoms with E-state index < -0.39 is 0 Å². The van der Waals surface area contributed by atoms with Gasteiger partial charge in [-0.1, -0.05) is 0 Å². The van der Waals surface area contributed by atoms with Gasteiger partial charge in [0.25, 0.3) is 0 Å². The molecular weight excluding hydrogens is 230 g/mol. The molecular formula is C13H17N3O2. The largest absolute Gasteiger partial charge is 0.507 e. The van der Waals surface area contributed by atoms with E-state index in [2.05, 4.69) is 5.10 Å². The number of hydrogen-bond donors (Lipinski definition) is 2. The third kappa shape index (κ3) is 1.68. The Morgan fingerprint density at radius 3 is 2.44 bits per heavy atom. The molecule has 1 aromatic carbocycles. The van der Waals surface area contributed by atoms with E-state index in [0.717, 1.165) is 16.9 Å². The number of aromatic hydroxyl groups is 1. The molecule has 1 aromatic heterocycles. The topological polar surface area (TPSA) is 73.3 Å². The van der Waals surface area contributed by atoms with Gasteiger partial charge in [-0.2, -0.15) is 5.10 Å². The van der Waals surface area contributed by atoms with Crippen molar-refractivity contribution in [2.45, 2.75) is 13.8 Å². The Morgan fingerprint density at radius 1 is 1.28 bits per heavy atom. The molecule has 3 N–H and O–H groups in total. The number of rotatable bonds is 2. The first-order valence-electron chi connectivity index (χ1n) is 5.62. The molecule has 0 aliphatic heterocycles. The lowest BCUT2D eigenvalue weighted by Crippen LogP contribution is -1.99. The second kappa shape index (κ2) is 4.25. The molecule has 0 aliphatic carbocycles. The number of phenols is 1. The van der Waals surface area contributed by atoms with E-state index in [0.29, 0.717) is 16.9 Å². The Morgan fingerprint density at radius 2 is 1.94 bits per heavy atom. The van der Waals surface area contributed by atoms with Crippen LogP contribution < -0.4 is 10.5 Å². The van der Waals surface area contributed by atoms with Crippen molar-refractivity contribution in [3.63, 3.8) is 0 Å². The van der Waals surface area contributed by atoms with Gasteiger partial charge < -0.3 is 15.6 Å². The Kier molecular flexibility index (Phi) is 2.90. The maximum atomic E-state index is 10.2. The zero-order chi connectivity index (χ0) is 13.4. The summed E-state index contributed by atoms with van der Waals surface area (Å²) in [7, 11) is 3.36. The first-order valence-corrected chi connectivity index (χ1v) is 5.62. The van der Waals surface area contributed by atoms with Crippen molar-refractivity contribution in [3.8, 4) is 22.6 Å². The third-order valence-corrected chi connectivity index (χ3v) is 3.31. The van der Waals surface area contributed by atoms with Crippen molar-refractivity contribution in [2.75, 3.05) is 12.8 Å². The monoisotopic (exact) mass is 247 g/mol. The summed E-state index contributed by atoms with van der Waals surface area (Å²) in [4.78, 5) is 0. The molecule has 0 unspecified atom stereocenters. The summed E-state index contributed by atoms with van der Waals surface area (Å²) < 4.78 is 6.88. The van der Waals surface area contributed by atoms with Crippen LogP contribution >= 0.6 is 0 Å². The number of phenolic OH excluding ortho intramolecular Hbond substituents is 1. The van der Waals surface area contributed by atoms with E-state index in [1.54, 1.807) is 31.1 Å². The van der Waals surface area contributed by atoms with Gasteiger partial charge in [0, 0.05) is 18.2 Å². The molecule has 18 heavy (non-hydrogen) atoms. The van der Waals surface area contributed by atoms with Gasteiger partial charge in [-0.3, -0.25) is 4.68 Å². The van der Waals surface area contributed by atoms with E-state index in [9.17, 15) is 5.11 Å². The van der Waals surface area contributed by atoms with Crippen molar-refractivity contribution in [3.05, 3.63) is 23.4 Å².